The fourth-order valence-corrected chi connectivity index (χ4v) is 2.35. The third kappa shape index (κ3) is 5.38. The number of ether oxygens (including phenoxy) is 1. The second kappa shape index (κ2) is 9.40. The molecule has 118 valence electrons. The van der Waals surface area contributed by atoms with Crippen molar-refractivity contribution < 1.29 is 9.53 Å². The molecule has 0 aliphatic carbocycles. The van der Waals surface area contributed by atoms with Gasteiger partial charge in [0.2, 0.25) is 0 Å². The fourth-order valence-electron chi connectivity index (χ4n) is 2.35. The van der Waals surface area contributed by atoms with Crippen molar-refractivity contribution in [3.8, 4) is 0 Å². The number of amides is 1. The Balaban J connectivity index is 2.58. The van der Waals surface area contributed by atoms with Crippen LogP contribution in [-0.2, 0) is 17.6 Å². The van der Waals surface area contributed by atoms with Crippen LogP contribution in [0.15, 0.2) is 18.2 Å². The van der Waals surface area contributed by atoms with Crippen LogP contribution in [0.3, 0.4) is 0 Å². The Hall–Kier alpha value is -1.55. The number of aryl methyl sites for hydroxylation is 2. The SMILES string of the molecule is CCc1cccc(CC)c1NC(=O)OCCN(CC)CC. The highest BCUT2D eigenvalue weighted by atomic mass is 16.5. The zero-order valence-electron chi connectivity index (χ0n) is 13.7. The number of para-hydroxylation sites is 1. The summed E-state index contributed by atoms with van der Waals surface area (Å²) >= 11 is 0. The molecule has 0 spiro atoms. The normalized spacial score (nSPS) is 10.7. The molecule has 0 aliphatic rings. The van der Waals surface area contributed by atoms with Crippen LogP contribution in [0.25, 0.3) is 0 Å². The van der Waals surface area contributed by atoms with Gasteiger partial charge in [-0.05, 0) is 37.1 Å². The van der Waals surface area contributed by atoms with Gasteiger partial charge in [-0.2, -0.15) is 0 Å². The molecule has 0 aliphatic heterocycles. The second-order valence-corrected chi connectivity index (χ2v) is 4.95. The standard InChI is InChI=1S/C17H28N2O2/c1-5-14-10-9-11-15(6-2)16(14)18-17(20)21-13-12-19(7-3)8-4/h9-11H,5-8,12-13H2,1-4H3,(H,18,20). The van der Waals surface area contributed by atoms with Crippen molar-refractivity contribution in [1.82, 2.24) is 4.90 Å². The lowest BCUT2D eigenvalue weighted by Gasteiger charge is -2.18. The van der Waals surface area contributed by atoms with Gasteiger partial charge in [-0.1, -0.05) is 45.9 Å². The Bertz CT molecular complexity index is 420. The van der Waals surface area contributed by atoms with Crippen LogP contribution in [0, 0.1) is 0 Å². The molecular formula is C17H28N2O2. The summed E-state index contributed by atoms with van der Waals surface area (Å²) in [5, 5.41) is 2.91. The van der Waals surface area contributed by atoms with E-state index in [-0.39, 0.29) is 6.09 Å². The molecule has 1 N–H and O–H groups in total. The van der Waals surface area contributed by atoms with Gasteiger partial charge >= 0.3 is 6.09 Å². The zero-order chi connectivity index (χ0) is 15.7. The van der Waals surface area contributed by atoms with E-state index in [2.05, 4.69) is 37.9 Å². The summed E-state index contributed by atoms with van der Waals surface area (Å²) in [5.74, 6) is 0. The largest absolute Gasteiger partial charge is 0.448 e. The van der Waals surface area contributed by atoms with Crippen LogP contribution < -0.4 is 5.32 Å². The molecule has 0 aromatic heterocycles. The van der Waals surface area contributed by atoms with E-state index in [4.69, 9.17) is 4.74 Å². The van der Waals surface area contributed by atoms with Gasteiger partial charge in [0, 0.05) is 6.54 Å². The Morgan fingerprint density at radius 1 is 1.10 bits per heavy atom. The molecule has 0 unspecified atom stereocenters. The van der Waals surface area contributed by atoms with Crippen molar-refractivity contribution in [2.24, 2.45) is 0 Å². The first-order chi connectivity index (χ1) is 10.2. The highest BCUT2D eigenvalue weighted by Gasteiger charge is 2.11. The molecule has 1 amide bonds. The summed E-state index contributed by atoms with van der Waals surface area (Å²) in [6, 6.07) is 6.13. The summed E-state index contributed by atoms with van der Waals surface area (Å²) in [4.78, 5) is 14.2. The van der Waals surface area contributed by atoms with Gasteiger partial charge in [0.05, 0.1) is 5.69 Å². The number of nitrogens with zero attached hydrogens (tertiary/aromatic N) is 1. The molecule has 0 fully saturated rings. The van der Waals surface area contributed by atoms with Crippen LogP contribution in [0.1, 0.15) is 38.8 Å². The molecule has 0 saturated heterocycles. The lowest BCUT2D eigenvalue weighted by atomic mass is 10.0. The van der Waals surface area contributed by atoms with E-state index < -0.39 is 0 Å². The predicted molar refractivity (Wildman–Crippen MR) is 88.0 cm³/mol. The van der Waals surface area contributed by atoms with Crippen LogP contribution in [0.4, 0.5) is 10.5 Å². The van der Waals surface area contributed by atoms with Gasteiger partial charge < -0.3 is 9.64 Å². The van der Waals surface area contributed by atoms with Gasteiger partial charge in [0.1, 0.15) is 6.61 Å². The molecule has 0 atom stereocenters. The summed E-state index contributed by atoms with van der Waals surface area (Å²) < 4.78 is 5.29. The third-order valence-electron chi connectivity index (χ3n) is 3.76. The number of likely N-dealkylation sites (N-methyl/N-ethyl adjacent to an activating group) is 1. The topological polar surface area (TPSA) is 41.6 Å². The summed E-state index contributed by atoms with van der Waals surface area (Å²) in [6.07, 6.45) is 1.42. The maximum Gasteiger partial charge on any atom is 0.411 e. The molecule has 1 aromatic rings. The van der Waals surface area contributed by atoms with E-state index in [1.807, 2.05) is 18.2 Å². The van der Waals surface area contributed by atoms with Crippen LogP contribution >= 0.6 is 0 Å². The van der Waals surface area contributed by atoms with E-state index in [0.29, 0.717) is 6.61 Å². The number of hydrogen-bond donors (Lipinski definition) is 1. The Kier molecular flexibility index (Phi) is 7.83. The Morgan fingerprint density at radius 3 is 2.14 bits per heavy atom. The molecule has 4 heteroatoms. The van der Waals surface area contributed by atoms with Gasteiger partial charge in [-0.3, -0.25) is 5.32 Å². The summed E-state index contributed by atoms with van der Waals surface area (Å²) in [5.41, 5.74) is 3.21. The van der Waals surface area contributed by atoms with Gasteiger partial charge in [-0.25, -0.2) is 4.79 Å². The number of rotatable bonds is 8. The molecule has 0 saturated carbocycles. The van der Waals surface area contributed by atoms with Gasteiger partial charge in [0.25, 0.3) is 0 Å². The summed E-state index contributed by atoms with van der Waals surface area (Å²) in [6.45, 7) is 11.5. The number of anilines is 1. The average molecular weight is 292 g/mol. The van der Waals surface area contributed by atoms with E-state index in [1.54, 1.807) is 0 Å². The number of carbonyl (C=O) groups is 1. The average Bonchev–Trinajstić information content (AvgIpc) is 2.51. The van der Waals surface area contributed by atoms with Crippen molar-refractivity contribution in [2.75, 3.05) is 31.6 Å². The van der Waals surface area contributed by atoms with E-state index in [9.17, 15) is 4.79 Å². The smallest absolute Gasteiger partial charge is 0.411 e. The Labute approximate surface area is 128 Å². The highest BCUT2D eigenvalue weighted by Crippen LogP contribution is 2.22. The molecule has 0 radical (unpaired) electrons. The maximum atomic E-state index is 12.0. The van der Waals surface area contributed by atoms with Crippen LogP contribution in [0.2, 0.25) is 0 Å². The van der Waals surface area contributed by atoms with Crippen molar-refractivity contribution >= 4 is 11.8 Å². The van der Waals surface area contributed by atoms with Crippen molar-refractivity contribution in [1.29, 1.82) is 0 Å². The lowest BCUT2D eigenvalue weighted by Crippen LogP contribution is -2.29. The minimum atomic E-state index is -0.363. The second-order valence-electron chi connectivity index (χ2n) is 4.95. The minimum Gasteiger partial charge on any atom is -0.448 e. The monoisotopic (exact) mass is 292 g/mol. The molecule has 0 bridgehead atoms. The van der Waals surface area contributed by atoms with Crippen LogP contribution in [0.5, 0.6) is 0 Å². The lowest BCUT2D eigenvalue weighted by molar-refractivity contribution is 0.142. The first-order valence-electron chi connectivity index (χ1n) is 7.93. The maximum absolute atomic E-state index is 12.0. The third-order valence-corrected chi connectivity index (χ3v) is 3.76. The predicted octanol–water partition coefficient (Wildman–Crippen LogP) is 3.70. The summed E-state index contributed by atoms with van der Waals surface area (Å²) in [7, 11) is 0. The van der Waals surface area contributed by atoms with Crippen LogP contribution in [-0.4, -0.2) is 37.2 Å². The molecule has 1 rings (SSSR count). The van der Waals surface area contributed by atoms with E-state index in [1.165, 1.54) is 0 Å². The highest BCUT2D eigenvalue weighted by molar-refractivity contribution is 5.87. The number of hydrogen-bond acceptors (Lipinski definition) is 3. The molecule has 21 heavy (non-hydrogen) atoms. The van der Waals surface area contributed by atoms with Gasteiger partial charge in [-0.15, -0.1) is 0 Å². The van der Waals surface area contributed by atoms with E-state index in [0.717, 1.165) is 49.3 Å². The quantitative estimate of drug-likeness (QED) is 0.794. The molecule has 1 aromatic carbocycles. The molecule has 0 heterocycles. The first-order valence-corrected chi connectivity index (χ1v) is 7.93. The van der Waals surface area contributed by atoms with Crippen molar-refractivity contribution in [2.45, 2.75) is 40.5 Å². The van der Waals surface area contributed by atoms with Crippen molar-refractivity contribution in [3.63, 3.8) is 0 Å². The molecular weight excluding hydrogens is 264 g/mol. The first kappa shape index (κ1) is 17.5. The number of nitrogens with one attached hydrogen (secondary N) is 1. The van der Waals surface area contributed by atoms with E-state index >= 15 is 0 Å². The Morgan fingerprint density at radius 2 is 1.67 bits per heavy atom. The zero-order valence-corrected chi connectivity index (χ0v) is 13.7. The fraction of sp³-hybridized carbons (Fsp3) is 0.588. The molecule has 4 nitrogen and oxygen atoms in total. The van der Waals surface area contributed by atoms with Gasteiger partial charge in [0.15, 0.2) is 0 Å². The van der Waals surface area contributed by atoms with Crippen molar-refractivity contribution in [3.05, 3.63) is 29.3 Å². The number of carbonyl (C=O) groups excluding carboxylic acids is 1. The number of benzene rings is 1. The minimum absolute atomic E-state index is 0.363.